The van der Waals surface area contributed by atoms with Gasteiger partial charge in [0.25, 0.3) is 0 Å². The SMILES string of the molecule is c1ccc(-c2nc(-c3ccccc3)nc(-c3ccc(-c4nc5ccccc5c5ccc6ccc(-c7cc8ccccc8c8ccccc78)nc6c45)cc3)n2)cc1. The highest BCUT2D eigenvalue weighted by molar-refractivity contribution is 6.20. The molecule has 260 valence electrons. The highest BCUT2D eigenvalue weighted by Crippen LogP contribution is 2.40. The zero-order valence-corrected chi connectivity index (χ0v) is 30.1. The molecule has 3 aromatic heterocycles. The van der Waals surface area contributed by atoms with Crippen molar-refractivity contribution in [1.29, 1.82) is 0 Å². The van der Waals surface area contributed by atoms with Crippen LogP contribution >= 0.6 is 0 Å². The summed E-state index contributed by atoms with van der Waals surface area (Å²) in [5.74, 6) is 1.88. The van der Waals surface area contributed by atoms with Gasteiger partial charge in [-0.1, -0.05) is 170 Å². The molecule has 0 spiro atoms. The summed E-state index contributed by atoms with van der Waals surface area (Å²) in [6.45, 7) is 0. The van der Waals surface area contributed by atoms with E-state index >= 15 is 0 Å². The lowest BCUT2D eigenvalue weighted by atomic mass is 9.94. The zero-order valence-electron chi connectivity index (χ0n) is 30.1. The van der Waals surface area contributed by atoms with E-state index in [1.54, 1.807) is 0 Å². The molecule has 5 nitrogen and oxygen atoms in total. The van der Waals surface area contributed by atoms with E-state index in [-0.39, 0.29) is 0 Å². The van der Waals surface area contributed by atoms with Crippen molar-refractivity contribution in [2.24, 2.45) is 0 Å². The van der Waals surface area contributed by atoms with Crippen molar-refractivity contribution in [1.82, 2.24) is 24.9 Å². The van der Waals surface area contributed by atoms with Crippen LogP contribution in [0.5, 0.6) is 0 Å². The fourth-order valence-electron chi connectivity index (χ4n) is 7.97. The van der Waals surface area contributed by atoms with Crippen LogP contribution in [0.1, 0.15) is 0 Å². The molecule has 56 heavy (non-hydrogen) atoms. The maximum Gasteiger partial charge on any atom is 0.164 e. The van der Waals surface area contributed by atoms with Crippen LogP contribution < -0.4 is 0 Å². The number of aromatic nitrogens is 5. The molecule has 0 N–H and O–H groups in total. The van der Waals surface area contributed by atoms with E-state index < -0.39 is 0 Å². The molecule has 0 unspecified atom stereocenters. The molecule has 8 aromatic carbocycles. The van der Waals surface area contributed by atoms with Crippen LogP contribution in [0, 0.1) is 0 Å². The molecule has 0 radical (unpaired) electrons. The summed E-state index contributed by atoms with van der Waals surface area (Å²) in [7, 11) is 0. The highest BCUT2D eigenvalue weighted by Gasteiger charge is 2.18. The number of benzene rings is 8. The molecule has 0 bridgehead atoms. The molecule has 0 saturated heterocycles. The molecule has 0 aliphatic heterocycles. The normalized spacial score (nSPS) is 11.6. The Morgan fingerprint density at radius 2 is 0.839 bits per heavy atom. The van der Waals surface area contributed by atoms with E-state index in [1.165, 1.54) is 21.5 Å². The number of hydrogen-bond acceptors (Lipinski definition) is 5. The van der Waals surface area contributed by atoms with Gasteiger partial charge < -0.3 is 0 Å². The number of fused-ring (bicyclic) bond motifs is 8. The van der Waals surface area contributed by atoms with Crippen molar-refractivity contribution < 1.29 is 0 Å². The molecule has 3 heterocycles. The van der Waals surface area contributed by atoms with E-state index in [1.807, 2.05) is 66.7 Å². The Kier molecular flexibility index (Phi) is 7.42. The van der Waals surface area contributed by atoms with Crippen LogP contribution in [0.3, 0.4) is 0 Å². The maximum absolute atomic E-state index is 5.50. The first kappa shape index (κ1) is 31.9. The Bertz CT molecular complexity index is 3230. The second-order valence-electron chi connectivity index (χ2n) is 14.0. The molecule has 11 rings (SSSR count). The van der Waals surface area contributed by atoms with E-state index in [0.29, 0.717) is 17.5 Å². The van der Waals surface area contributed by atoms with Gasteiger partial charge in [0.05, 0.1) is 22.4 Å². The van der Waals surface area contributed by atoms with Crippen LogP contribution in [0.15, 0.2) is 188 Å². The van der Waals surface area contributed by atoms with Gasteiger partial charge >= 0.3 is 0 Å². The van der Waals surface area contributed by atoms with Gasteiger partial charge in [-0.25, -0.2) is 24.9 Å². The monoisotopic (exact) mass is 713 g/mol. The molecule has 0 aliphatic rings. The Hall–Kier alpha value is -7.63. The average molecular weight is 714 g/mol. The molecule has 0 saturated carbocycles. The Morgan fingerprint density at radius 1 is 0.304 bits per heavy atom. The van der Waals surface area contributed by atoms with Crippen LogP contribution in [0.2, 0.25) is 0 Å². The van der Waals surface area contributed by atoms with Crippen molar-refractivity contribution in [2.75, 3.05) is 0 Å². The third-order valence-electron chi connectivity index (χ3n) is 10.7. The number of pyridine rings is 2. The first-order valence-corrected chi connectivity index (χ1v) is 18.8. The van der Waals surface area contributed by atoms with Gasteiger partial charge in [0.15, 0.2) is 17.5 Å². The fourth-order valence-corrected chi connectivity index (χ4v) is 7.97. The van der Waals surface area contributed by atoms with E-state index in [9.17, 15) is 0 Å². The minimum atomic E-state index is 0.611. The second kappa shape index (κ2) is 13.0. The molecular formula is C51H31N5. The summed E-state index contributed by atoms with van der Waals surface area (Å²) >= 11 is 0. The Morgan fingerprint density at radius 3 is 1.54 bits per heavy atom. The minimum Gasteiger partial charge on any atom is -0.247 e. The highest BCUT2D eigenvalue weighted by atomic mass is 15.0. The first-order valence-electron chi connectivity index (χ1n) is 18.8. The summed E-state index contributed by atoms with van der Waals surface area (Å²) in [4.78, 5) is 25.7. The molecule has 0 atom stereocenters. The van der Waals surface area contributed by atoms with Crippen molar-refractivity contribution in [3.8, 4) is 56.7 Å². The van der Waals surface area contributed by atoms with Crippen molar-refractivity contribution >= 4 is 54.1 Å². The van der Waals surface area contributed by atoms with Gasteiger partial charge in [0, 0.05) is 44.0 Å². The van der Waals surface area contributed by atoms with Crippen molar-refractivity contribution in [3.63, 3.8) is 0 Å². The summed E-state index contributed by atoms with van der Waals surface area (Å²) < 4.78 is 0. The third-order valence-corrected chi connectivity index (χ3v) is 10.7. The fraction of sp³-hybridized carbons (Fsp3) is 0. The largest absolute Gasteiger partial charge is 0.247 e. The van der Waals surface area contributed by atoms with Gasteiger partial charge in [0.1, 0.15) is 0 Å². The van der Waals surface area contributed by atoms with E-state index in [2.05, 4.69) is 121 Å². The lowest BCUT2D eigenvalue weighted by Crippen LogP contribution is -2.00. The number of nitrogens with zero attached hydrogens (tertiary/aromatic N) is 5. The molecule has 11 aromatic rings. The lowest BCUT2D eigenvalue weighted by molar-refractivity contribution is 1.07. The minimum absolute atomic E-state index is 0.611. The Labute approximate surface area is 322 Å². The second-order valence-corrected chi connectivity index (χ2v) is 14.0. The van der Waals surface area contributed by atoms with Crippen molar-refractivity contribution in [3.05, 3.63) is 188 Å². The molecule has 0 amide bonds. The summed E-state index contributed by atoms with van der Waals surface area (Å²) in [6, 6.07) is 65.1. The molecule has 0 aliphatic carbocycles. The van der Waals surface area contributed by atoms with Gasteiger partial charge in [-0.05, 0) is 45.1 Å². The van der Waals surface area contributed by atoms with Gasteiger partial charge in [-0.3, -0.25) is 0 Å². The molecular weight excluding hydrogens is 683 g/mol. The number of rotatable bonds is 5. The standard InChI is InChI=1S/C51H31N5/c1-3-13-34(14-4-1)49-54-50(35-15-5-2-6-16-35)56-51(55-49)36-25-23-32(24-26-36)47-46-42(41-21-11-12-22-44(41)52-47)29-27-33-28-30-45(53-48(33)46)43-31-37-17-7-8-18-38(37)39-19-9-10-20-40(39)43/h1-31H. The predicted molar refractivity (Wildman–Crippen MR) is 230 cm³/mol. The topological polar surface area (TPSA) is 64.5 Å². The smallest absolute Gasteiger partial charge is 0.164 e. The number of hydrogen-bond donors (Lipinski definition) is 0. The van der Waals surface area contributed by atoms with Gasteiger partial charge in [0.2, 0.25) is 0 Å². The molecule has 0 fully saturated rings. The number of para-hydroxylation sites is 1. The van der Waals surface area contributed by atoms with Crippen LogP contribution in [-0.4, -0.2) is 24.9 Å². The van der Waals surface area contributed by atoms with Crippen molar-refractivity contribution in [2.45, 2.75) is 0 Å². The summed E-state index contributed by atoms with van der Waals surface area (Å²) in [5, 5.41) is 9.14. The predicted octanol–water partition coefficient (Wildman–Crippen LogP) is 12.8. The zero-order chi connectivity index (χ0) is 37.0. The van der Waals surface area contributed by atoms with Crippen LogP contribution in [-0.2, 0) is 0 Å². The lowest BCUT2D eigenvalue weighted by Gasteiger charge is -2.15. The van der Waals surface area contributed by atoms with Crippen LogP contribution in [0.4, 0.5) is 0 Å². The molecule has 5 heteroatoms. The summed E-state index contributed by atoms with van der Waals surface area (Å²) in [5.41, 5.74) is 8.54. The quantitative estimate of drug-likeness (QED) is 0.166. The van der Waals surface area contributed by atoms with Gasteiger partial charge in [-0.2, -0.15) is 0 Å². The summed E-state index contributed by atoms with van der Waals surface area (Å²) in [6.07, 6.45) is 0. The van der Waals surface area contributed by atoms with E-state index in [4.69, 9.17) is 24.9 Å². The maximum atomic E-state index is 5.50. The average Bonchev–Trinajstić information content (AvgIpc) is 3.28. The Balaban J connectivity index is 1.10. The van der Waals surface area contributed by atoms with Crippen LogP contribution in [0.25, 0.3) is 111 Å². The first-order chi connectivity index (χ1) is 27.7. The third kappa shape index (κ3) is 5.37. The van der Waals surface area contributed by atoms with Gasteiger partial charge in [-0.15, -0.1) is 0 Å². The van der Waals surface area contributed by atoms with E-state index in [0.717, 1.165) is 71.8 Å².